The van der Waals surface area contributed by atoms with Crippen LogP contribution in [0.3, 0.4) is 0 Å². The largest absolute Gasteiger partial charge is 0.351 e. The molecule has 1 amide bonds. The number of thiazole rings is 1. The molecule has 4 rings (SSSR count). The quantitative estimate of drug-likeness (QED) is 0.915. The molecule has 6 heteroatoms. The maximum atomic E-state index is 12.4. The molecule has 23 heavy (non-hydrogen) atoms. The van der Waals surface area contributed by atoms with E-state index in [-0.39, 0.29) is 5.91 Å². The van der Waals surface area contributed by atoms with E-state index in [1.807, 2.05) is 0 Å². The van der Waals surface area contributed by atoms with Crippen LogP contribution in [-0.4, -0.2) is 27.4 Å². The zero-order valence-corrected chi connectivity index (χ0v) is 13.8. The number of nitrogens with zero attached hydrogens (tertiary/aromatic N) is 3. The third kappa shape index (κ3) is 3.27. The summed E-state index contributed by atoms with van der Waals surface area (Å²) in [6.45, 7) is 0.801. The van der Waals surface area contributed by atoms with E-state index in [0.717, 1.165) is 18.4 Å². The fourth-order valence-corrected chi connectivity index (χ4v) is 4.45. The Hall–Kier alpha value is -1.82. The molecule has 0 bridgehead atoms. The second-order valence-electron chi connectivity index (χ2n) is 6.50. The molecule has 5 nitrogen and oxygen atoms in total. The molecule has 2 fully saturated rings. The Labute approximate surface area is 139 Å². The van der Waals surface area contributed by atoms with Crippen molar-refractivity contribution in [1.29, 1.82) is 0 Å². The lowest BCUT2D eigenvalue weighted by Gasteiger charge is -2.19. The molecule has 2 aliphatic carbocycles. The van der Waals surface area contributed by atoms with E-state index in [1.165, 1.54) is 43.4 Å². The Balaban J connectivity index is 1.37. The first kappa shape index (κ1) is 14.8. The summed E-state index contributed by atoms with van der Waals surface area (Å²) in [6, 6.07) is 1.77. The van der Waals surface area contributed by atoms with Crippen LogP contribution in [0, 0.1) is 17.8 Å². The average Bonchev–Trinajstić information content (AvgIpc) is 3.13. The lowest BCUT2D eigenvalue weighted by Crippen LogP contribution is -2.30. The molecule has 2 unspecified atom stereocenters. The number of amides is 1. The van der Waals surface area contributed by atoms with Crippen LogP contribution in [0.25, 0.3) is 10.8 Å². The Morgan fingerprint density at radius 3 is 2.78 bits per heavy atom. The Morgan fingerprint density at radius 1 is 1.17 bits per heavy atom. The highest BCUT2D eigenvalue weighted by atomic mass is 32.1. The summed E-state index contributed by atoms with van der Waals surface area (Å²) < 4.78 is 0. The van der Waals surface area contributed by atoms with Gasteiger partial charge in [-0.25, -0.2) is 15.0 Å². The number of aromatic nitrogens is 3. The SMILES string of the molecule is O=C(NCC1CCCC1C1CC1)c1cnc(-c2ncccn2)s1. The fourth-order valence-electron chi connectivity index (χ4n) is 3.67. The van der Waals surface area contributed by atoms with Gasteiger partial charge in [-0.2, -0.15) is 0 Å². The molecule has 0 spiro atoms. The molecule has 2 heterocycles. The van der Waals surface area contributed by atoms with Crippen molar-refractivity contribution in [1.82, 2.24) is 20.3 Å². The van der Waals surface area contributed by atoms with Crippen LogP contribution in [0.2, 0.25) is 0 Å². The fraction of sp³-hybridized carbons (Fsp3) is 0.529. The van der Waals surface area contributed by atoms with E-state index < -0.39 is 0 Å². The van der Waals surface area contributed by atoms with Crippen molar-refractivity contribution in [3.63, 3.8) is 0 Å². The van der Waals surface area contributed by atoms with Crippen LogP contribution in [0.5, 0.6) is 0 Å². The highest BCUT2D eigenvalue weighted by Gasteiger charge is 2.39. The molecular formula is C17H20N4OS. The molecule has 2 saturated carbocycles. The molecule has 1 N–H and O–H groups in total. The monoisotopic (exact) mass is 328 g/mol. The van der Waals surface area contributed by atoms with Crippen molar-refractivity contribution in [3.8, 4) is 10.8 Å². The van der Waals surface area contributed by atoms with Gasteiger partial charge in [0, 0.05) is 18.9 Å². The van der Waals surface area contributed by atoms with E-state index in [4.69, 9.17) is 0 Å². The summed E-state index contributed by atoms with van der Waals surface area (Å²) in [5.41, 5.74) is 0. The zero-order valence-electron chi connectivity index (χ0n) is 12.9. The van der Waals surface area contributed by atoms with Gasteiger partial charge in [0.15, 0.2) is 10.8 Å². The van der Waals surface area contributed by atoms with Gasteiger partial charge in [-0.05, 0) is 49.5 Å². The molecule has 0 radical (unpaired) electrons. The van der Waals surface area contributed by atoms with Gasteiger partial charge in [-0.15, -0.1) is 11.3 Å². The smallest absolute Gasteiger partial charge is 0.263 e. The van der Waals surface area contributed by atoms with Gasteiger partial charge in [0.2, 0.25) is 0 Å². The van der Waals surface area contributed by atoms with Crippen LogP contribution in [-0.2, 0) is 0 Å². The van der Waals surface area contributed by atoms with Crippen molar-refractivity contribution in [2.24, 2.45) is 17.8 Å². The predicted molar refractivity (Wildman–Crippen MR) is 89.0 cm³/mol. The third-order valence-electron chi connectivity index (χ3n) is 4.96. The van der Waals surface area contributed by atoms with Gasteiger partial charge < -0.3 is 5.32 Å². The summed E-state index contributed by atoms with van der Waals surface area (Å²) >= 11 is 1.35. The number of nitrogens with one attached hydrogen (secondary N) is 1. The van der Waals surface area contributed by atoms with Gasteiger partial charge in [-0.3, -0.25) is 4.79 Å². The lowest BCUT2D eigenvalue weighted by molar-refractivity contribution is 0.0946. The molecule has 0 aliphatic heterocycles. The first-order valence-electron chi connectivity index (χ1n) is 8.32. The summed E-state index contributed by atoms with van der Waals surface area (Å²) in [5, 5.41) is 3.80. The lowest BCUT2D eigenvalue weighted by atomic mass is 9.91. The minimum Gasteiger partial charge on any atom is -0.351 e. The summed E-state index contributed by atoms with van der Waals surface area (Å²) in [5.74, 6) is 2.98. The van der Waals surface area contributed by atoms with Crippen molar-refractivity contribution in [2.75, 3.05) is 6.54 Å². The number of hydrogen-bond donors (Lipinski definition) is 1. The highest BCUT2D eigenvalue weighted by molar-refractivity contribution is 7.16. The van der Waals surface area contributed by atoms with Crippen molar-refractivity contribution < 1.29 is 4.79 Å². The van der Waals surface area contributed by atoms with Gasteiger partial charge >= 0.3 is 0 Å². The number of carbonyl (C=O) groups excluding carboxylic acids is 1. The standard InChI is InChI=1S/C17H20N4OS/c22-16(20-9-12-3-1-4-13(12)11-5-6-11)14-10-21-17(23-14)15-18-7-2-8-19-15/h2,7-8,10-13H,1,3-6,9H2,(H,20,22). The summed E-state index contributed by atoms with van der Waals surface area (Å²) in [4.78, 5) is 25.6. The Kier molecular flexibility index (Phi) is 4.08. The molecule has 2 aliphatic rings. The van der Waals surface area contributed by atoms with Crippen molar-refractivity contribution in [2.45, 2.75) is 32.1 Å². The second kappa shape index (κ2) is 6.35. The molecule has 2 atom stereocenters. The normalized spacial score (nSPS) is 23.8. The Morgan fingerprint density at radius 2 is 2.00 bits per heavy atom. The van der Waals surface area contributed by atoms with Crippen LogP contribution in [0.4, 0.5) is 0 Å². The number of rotatable bonds is 5. The molecule has 2 aromatic rings. The molecular weight excluding hydrogens is 308 g/mol. The second-order valence-corrected chi connectivity index (χ2v) is 7.54. The van der Waals surface area contributed by atoms with Gasteiger partial charge in [0.05, 0.1) is 6.20 Å². The molecule has 0 saturated heterocycles. The van der Waals surface area contributed by atoms with Gasteiger partial charge in [-0.1, -0.05) is 6.42 Å². The van der Waals surface area contributed by atoms with Crippen LogP contribution in [0.1, 0.15) is 41.8 Å². The van der Waals surface area contributed by atoms with Crippen molar-refractivity contribution in [3.05, 3.63) is 29.5 Å². The van der Waals surface area contributed by atoms with Crippen LogP contribution < -0.4 is 5.32 Å². The number of hydrogen-bond acceptors (Lipinski definition) is 5. The average molecular weight is 328 g/mol. The summed E-state index contributed by atoms with van der Waals surface area (Å²) in [7, 11) is 0. The van der Waals surface area contributed by atoms with Gasteiger partial charge in [0.25, 0.3) is 5.91 Å². The third-order valence-corrected chi connectivity index (χ3v) is 5.95. The van der Waals surface area contributed by atoms with E-state index >= 15 is 0 Å². The maximum Gasteiger partial charge on any atom is 0.263 e. The minimum atomic E-state index is -0.0221. The van der Waals surface area contributed by atoms with E-state index in [0.29, 0.717) is 21.6 Å². The van der Waals surface area contributed by atoms with Crippen LogP contribution >= 0.6 is 11.3 Å². The molecule has 120 valence electrons. The summed E-state index contributed by atoms with van der Waals surface area (Å²) in [6.07, 6.45) is 11.7. The van der Waals surface area contributed by atoms with E-state index in [9.17, 15) is 4.79 Å². The zero-order chi connectivity index (χ0) is 15.6. The molecule has 2 aromatic heterocycles. The van der Waals surface area contributed by atoms with E-state index in [1.54, 1.807) is 24.7 Å². The predicted octanol–water partition coefficient (Wildman–Crippen LogP) is 3.16. The van der Waals surface area contributed by atoms with Gasteiger partial charge in [0.1, 0.15) is 4.88 Å². The van der Waals surface area contributed by atoms with E-state index in [2.05, 4.69) is 20.3 Å². The first-order chi connectivity index (χ1) is 11.3. The Bertz CT molecular complexity index is 683. The minimum absolute atomic E-state index is 0.0221. The van der Waals surface area contributed by atoms with Crippen molar-refractivity contribution >= 4 is 17.2 Å². The first-order valence-corrected chi connectivity index (χ1v) is 9.14. The topological polar surface area (TPSA) is 67.8 Å². The highest BCUT2D eigenvalue weighted by Crippen LogP contribution is 2.47. The number of carbonyl (C=O) groups is 1. The molecule has 0 aromatic carbocycles. The maximum absolute atomic E-state index is 12.4. The van der Waals surface area contributed by atoms with Crippen LogP contribution in [0.15, 0.2) is 24.7 Å².